The predicted molar refractivity (Wildman–Crippen MR) is 67.4 cm³/mol. The summed E-state index contributed by atoms with van der Waals surface area (Å²) >= 11 is 0. The number of rotatable bonds is 2. The van der Waals surface area contributed by atoms with Gasteiger partial charge in [-0.2, -0.15) is 9.61 Å². The third-order valence-corrected chi connectivity index (χ3v) is 3.14. The van der Waals surface area contributed by atoms with Crippen LogP contribution in [0.15, 0.2) is 18.5 Å². The maximum atomic E-state index is 11.1. The number of fused-ring (bicyclic) bond motifs is 1. The highest BCUT2D eigenvalue weighted by molar-refractivity contribution is 5.77. The van der Waals surface area contributed by atoms with Crippen molar-refractivity contribution in [2.24, 2.45) is 0 Å². The first-order valence-electron chi connectivity index (χ1n) is 6.06. The lowest BCUT2D eigenvalue weighted by molar-refractivity contribution is -0.122. The van der Waals surface area contributed by atoms with E-state index in [1.807, 2.05) is 19.1 Å². The number of nitrogens with zero attached hydrogens (tertiary/aromatic N) is 3. The molecule has 1 atom stereocenters. The van der Waals surface area contributed by atoms with Gasteiger partial charge in [0.25, 0.3) is 0 Å². The molecule has 0 saturated carbocycles. The van der Waals surface area contributed by atoms with E-state index in [4.69, 9.17) is 0 Å². The van der Waals surface area contributed by atoms with Crippen LogP contribution in [0.25, 0.3) is 5.65 Å². The highest BCUT2D eigenvalue weighted by Crippen LogP contribution is 2.16. The molecule has 0 aromatic carbocycles. The first-order chi connectivity index (χ1) is 8.72. The molecule has 1 unspecified atom stereocenters. The van der Waals surface area contributed by atoms with E-state index in [2.05, 4.69) is 20.7 Å². The van der Waals surface area contributed by atoms with Gasteiger partial charge in [-0.25, -0.2) is 4.98 Å². The van der Waals surface area contributed by atoms with Crippen LogP contribution in [0.1, 0.15) is 18.4 Å². The summed E-state index contributed by atoms with van der Waals surface area (Å²) in [6.45, 7) is 2.69. The monoisotopic (exact) mass is 245 g/mol. The van der Waals surface area contributed by atoms with Crippen LogP contribution < -0.4 is 10.6 Å². The van der Waals surface area contributed by atoms with E-state index in [-0.39, 0.29) is 11.9 Å². The van der Waals surface area contributed by atoms with Gasteiger partial charge in [-0.3, -0.25) is 4.79 Å². The van der Waals surface area contributed by atoms with Crippen LogP contribution in [0.3, 0.4) is 0 Å². The molecule has 1 amide bonds. The first-order valence-corrected chi connectivity index (χ1v) is 6.06. The van der Waals surface area contributed by atoms with Gasteiger partial charge in [0.15, 0.2) is 5.65 Å². The average molecular weight is 245 g/mol. The summed E-state index contributed by atoms with van der Waals surface area (Å²) in [6, 6.07) is 4.27. The maximum absolute atomic E-state index is 11.1. The first kappa shape index (κ1) is 11.0. The van der Waals surface area contributed by atoms with E-state index in [1.165, 1.54) is 0 Å². The highest BCUT2D eigenvalue weighted by Gasteiger charge is 2.18. The van der Waals surface area contributed by atoms with E-state index < -0.39 is 0 Å². The lowest BCUT2D eigenvalue weighted by atomic mass is 10.1. The number of nitrogens with one attached hydrogen (secondary N) is 2. The second-order valence-electron chi connectivity index (χ2n) is 4.63. The molecule has 0 spiro atoms. The van der Waals surface area contributed by atoms with E-state index in [0.29, 0.717) is 13.0 Å². The van der Waals surface area contributed by atoms with E-state index >= 15 is 0 Å². The second kappa shape index (κ2) is 4.29. The Hall–Kier alpha value is -2.11. The van der Waals surface area contributed by atoms with Gasteiger partial charge < -0.3 is 10.6 Å². The molecule has 1 fully saturated rings. The van der Waals surface area contributed by atoms with Crippen molar-refractivity contribution in [1.82, 2.24) is 19.9 Å². The average Bonchev–Trinajstić information content (AvgIpc) is 2.80. The molecule has 18 heavy (non-hydrogen) atoms. The molecule has 1 saturated heterocycles. The van der Waals surface area contributed by atoms with E-state index in [0.717, 1.165) is 23.4 Å². The highest BCUT2D eigenvalue weighted by atomic mass is 16.1. The Kier molecular flexibility index (Phi) is 2.62. The summed E-state index contributed by atoms with van der Waals surface area (Å²) < 4.78 is 1.78. The van der Waals surface area contributed by atoms with Crippen LogP contribution in [0, 0.1) is 6.92 Å². The summed E-state index contributed by atoms with van der Waals surface area (Å²) in [5.74, 6) is 1.05. The van der Waals surface area contributed by atoms with Crippen molar-refractivity contribution in [1.29, 1.82) is 0 Å². The van der Waals surface area contributed by atoms with Crippen LogP contribution in [0.2, 0.25) is 0 Å². The zero-order chi connectivity index (χ0) is 12.5. The molecule has 2 aromatic heterocycles. The minimum atomic E-state index is 0.128. The third kappa shape index (κ3) is 2.01. The summed E-state index contributed by atoms with van der Waals surface area (Å²) in [5.41, 5.74) is 1.97. The standard InChI is InChI=1S/C12H15N5O/c1-8-4-10-14-7-15-17(10)11(5-8)16-9-2-3-12(18)13-6-9/h4-5,7,9,16H,2-3,6H2,1H3,(H,13,18). The molecule has 3 rings (SSSR count). The summed E-state index contributed by atoms with van der Waals surface area (Å²) in [4.78, 5) is 15.3. The Morgan fingerprint density at radius 2 is 2.39 bits per heavy atom. The molecule has 0 radical (unpaired) electrons. The van der Waals surface area contributed by atoms with Gasteiger partial charge >= 0.3 is 0 Å². The molecular formula is C12H15N5O. The zero-order valence-corrected chi connectivity index (χ0v) is 10.2. The number of hydrogen-bond donors (Lipinski definition) is 2. The molecule has 1 aliphatic heterocycles. The SMILES string of the molecule is Cc1cc(NC2CCC(=O)NC2)n2ncnc2c1. The van der Waals surface area contributed by atoms with Crippen LogP contribution in [0.4, 0.5) is 5.82 Å². The van der Waals surface area contributed by atoms with Gasteiger partial charge in [-0.15, -0.1) is 0 Å². The Morgan fingerprint density at radius 1 is 1.50 bits per heavy atom. The van der Waals surface area contributed by atoms with Crippen molar-refractivity contribution >= 4 is 17.4 Å². The lowest BCUT2D eigenvalue weighted by Gasteiger charge is -2.24. The van der Waals surface area contributed by atoms with Gasteiger partial charge in [-0.05, 0) is 31.0 Å². The van der Waals surface area contributed by atoms with Crippen molar-refractivity contribution < 1.29 is 4.79 Å². The number of aromatic nitrogens is 3. The number of piperidine rings is 1. The lowest BCUT2D eigenvalue weighted by Crippen LogP contribution is -2.42. The largest absolute Gasteiger partial charge is 0.365 e. The minimum absolute atomic E-state index is 0.128. The Labute approximate surface area is 104 Å². The van der Waals surface area contributed by atoms with Crippen LogP contribution in [-0.2, 0) is 4.79 Å². The number of carbonyl (C=O) groups excluding carboxylic acids is 1. The molecule has 0 aliphatic carbocycles. The number of hydrogen-bond acceptors (Lipinski definition) is 4. The topological polar surface area (TPSA) is 71.3 Å². The van der Waals surface area contributed by atoms with Crippen molar-refractivity contribution in [3.05, 3.63) is 24.0 Å². The predicted octanol–water partition coefficient (Wildman–Crippen LogP) is 0.728. The number of amides is 1. The van der Waals surface area contributed by atoms with Gasteiger partial charge in [0.05, 0.1) is 0 Å². The smallest absolute Gasteiger partial charge is 0.220 e. The summed E-state index contributed by atoms with van der Waals surface area (Å²) in [7, 11) is 0. The summed E-state index contributed by atoms with van der Waals surface area (Å²) in [6.07, 6.45) is 2.96. The van der Waals surface area contributed by atoms with E-state index in [1.54, 1.807) is 10.8 Å². The van der Waals surface area contributed by atoms with Gasteiger partial charge in [0.2, 0.25) is 5.91 Å². The molecule has 1 aliphatic rings. The fourth-order valence-corrected chi connectivity index (χ4v) is 2.22. The van der Waals surface area contributed by atoms with Crippen LogP contribution >= 0.6 is 0 Å². The quantitative estimate of drug-likeness (QED) is 0.818. The Balaban J connectivity index is 1.85. The number of carbonyl (C=O) groups is 1. The molecule has 0 bridgehead atoms. The normalized spacial score (nSPS) is 19.8. The third-order valence-electron chi connectivity index (χ3n) is 3.14. The van der Waals surface area contributed by atoms with Crippen LogP contribution in [-0.4, -0.2) is 33.1 Å². The molecule has 6 nitrogen and oxygen atoms in total. The van der Waals surface area contributed by atoms with Crippen molar-refractivity contribution in [3.8, 4) is 0 Å². The molecule has 94 valence electrons. The van der Waals surface area contributed by atoms with Gasteiger partial charge in [-0.1, -0.05) is 0 Å². The van der Waals surface area contributed by atoms with Gasteiger partial charge in [0.1, 0.15) is 12.1 Å². The van der Waals surface area contributed by atoms with Crippen LogP contribution in [0.5, 0.6) is 0 Å². The number of anilines is 1. The number of pyridine rings is 1. The maximum Gasteiger partial charge on any atom is 0.220 e. The molecular weight excluding hydrogens is 230 g/mol. The molecule has 6 heteroatoms. The van der Waals surface area contributed by atoms with Crippen molar-refractivity contribution in [2.75, 3.05) is 11.9 Å². The molecule has 3 heterocycles. The van der Waals surface area contributed by atoms with E-state index in [9.17, 15) is 4.79 Å². The van der Waals surface area contributed by atoms with Crippen molar-refractivity contribution in [3.63, 3.8) is 0 Å². The molecule has 2 N–H and O–H groups in total. The Morgan fingerprint density at radius 3 is 3.17 bits per heavy atom. The van der Waals surface area contributed by atoms with Gasteiger partial charge in [0, 0.05) is 19.0 Å². The minimum Gasteiger partial charge on any atom is -0.365 e. The molecule has 2 aromatic rings. The second-order valence-corrected chi connectivity index (χ2v) is 4.63. The Bertz CT molecular complexity index is 581. The fraction of sp³-hybridized carbons (Fsp3) is 0.417. The fourth-order valence-electron chi connectivity index (χ4n) is 2.22. The number of aryl methyl sites for hydroxylation is 1. The zero-order valence-electron chi connectivity index (χ0n) is 10.2. The summed E-state index contributed by atoms with van der Waals surface area (Å²) in [5, 5.41) is 10.5. The van der Waals surface area contributed by atoms with Crippen molar-refractivity contribution in [2.45, 2.75) is 25.8 Å².